The van der Waals surface area contributed by atoms with Crippen molar-refractivity contribution in [1.82, 2.24) is 10.2 Å². The third-order valence-corrected chi connectivity index (χ3v) is 2.45. The van der Waals surface area contributed by atoms with Crippen LogP contribution in [0.1, 0.15) is 41.2 Å². The molecule has 1 unspecified atom stereocenters. The Morgan fingerprint density at radius 1 is 1.79 bits per heavy atom. The molecular formula is C9H12N2O3. The number of ether oxygens (including phenoxy) is 1. The van der Waals surface area contributed by atoms with Crippen molar-refractivity contribution in [3.05, 3.63) is 17.0 Å². The second-order valence-corrected chi connectivity index (χ2v) is 3.25. The molecule has 0 aromatic carbocycles. The minimum Gasteiger partial charge on any atom is -0.476 e. The number of carbonyl (C=O) groups is 1. The first-order valence-electron chi connectivity index (χ1n) is 4.66. The second-order valence-electron chi connectivity index (χ2n) is 3.25. The van der Waals surface area contributed by atoms with Gasteiger partial charge >= 0.3 is 5.97 Å². The summed E-state index contributed by atoms with van der Waals surface area (Å²) >= 11 is 0. The Morgan fingerprint density at radius 2 is 2.57 bits per heavy atom. The van der Waals surface area contributed by atoms with Crippen molar-refractivity contribution in [3.8, 4) is 0 Å². The van der Waals surface area contributed by atoms with Gasteiger partial charge in [-0.2, -0.15) is 5.10 Å². The molecule has 5 nitrogen and oxygen atoms in total. The largest absolute Gasteiger partial charge is 0.476 e. The van der Waals surface area contributed by atoms with Crippen LogP contribution < -0.4 is 0 Å². The van der Waals surface area contributed by atoms with Gasteiger partial charge in [0.05, 0.1) is 11.8 Å². The Morgan fingerprint density at radius 3 is 3.21 bits per heavy atom. The van der Waals surface area contributed by atoms with E-state index < -0.39 is 5.97 Å². The molecule has 14 heavy (non-hydrogen) atoms. The molecule has 0 radical (unpaired) electrons. The Balaban J connectivity index is 2.30. The lowest BCUT2D eigenvalue weighted by Gasteiger charge is -2.08. The highest BCUT2D eigenvalue weighted by Gasteiger charge is 2.30. The van der Waals surface area contributed by atoms with Crippen LogP contribution in [-0.2, 0) is 11.2 Å². The van der Waals surface area contributed by atoms with Crippen LogP contribution in [0.2, 0.25) is 0 Å². The van der Waals surface area contributed by atoms with Crippen LogP contribution >= 0.6 is 0 Å². The van der Waals surface area contributed by atoms with Gasteiger partial charge in [0, 0.05) is 12.2 Å². The van der Waals surface area contributed by atoms with Crippen LogP contribution in [0.15, 0.2) is 0 Å². The Bertz CT molecular complexity index is 359. The van der Waals surface area contributed by atoms with E-state index in [1.54, 1.807) is 0 Å². The number of rotatable bonds is 3. The highest BCUT2D eigenvalue weighted by molar-refractivity contribution is 5.87. The third-order valence-electron chi connectivity index (χ3n) is 2.45. The minimum atomic E-state index is -0.973. The molecule has 1 aromatic heterocycles. The molecule has 2 N–H and O–H groups in total. The smallest absolute Gasteiger partial charge is 0.356 e. The number of aromatic amines is 1. The molecule has 76 valence electrons. The lowest BCUT2D eigenvalue weighted by atomic mass is 10.2. The molecule has 0 saturated carbocycles. The SMILES string of the molecule is CCOC1CCc2c(C(=O)O)n[nH]c21. The fraction of sp³-hybridized carbons (Fsp3) is 0.556. The maximum Gasteiger partial charge on any atom is 0.356 e. The molecule has 1 atom stereocenters. The number of hydrogen-bond donors (Lipinski definition) is 2. The van der Waals surface area contributed by atoms with Crippen molar-refractivity contribution in [2.75, 3.05) is 6.61 Å². The second kappa shape index (κ2) is 3.42. The first kappa shape index (κ1) is 9.21. The number of H-pyrrole nitrogens is 1. The summed E-state index contributed by atoms with van der Waals surface area (Å²) in [6.45, 7) is 2.55. The van der Waals surface area contributed by atoms with E-state index in [4.69, 9.17) is 9.84 Å². The van der Waals surface area contributed by atoms with Gasteiger partial charge in [-0.15, -0.1) is 0 Å². The van der Waals surface area contributed by atoms with Crippen molar-refractivity contribution in [3.63, 3.8) is 0 Å². The van der Waals surface area contributed by atoms with Gasteiger partial charge in [-0.25, -0.2) is 4.79 Å². The number of nitrogens with one attached hydrogen (secondary N) is 1. The highest BCUT2D eigenvalue weighted by atomic mass is 16.5. The van der Waals surface area contributed by atoms with Gasteiger partial charge in [-0.05, 0) is 19.8 Å². The molecule has 1 aliphatic carbocycles. The van der Waals surface area contributed by atoms with Gasteiger partial charge in [0.25, 0.3) is 0 Å². The summed E-state index contributed by atoms with van der Waals surface area (Å²) in [5, 5.41) is 15.3. The number of aromatic carboxylic acids is 1. The zero-order chi connectivity index (χ0) is 10.1. The van der Waals surface area contributed by atoms with Crippen LogP contribution in [-0.4, -0.2) is 27.9 Å². The monoisotopic (exact) mass is 196 g/mol. The lowest BCUT2D eigenvalue weighted by Crippen LogP contribution is -2.01. The number of aromatic nitrogens is 2. The normalized spacial score (nSPS) is 19.6. The van der Waals surface area contributed by atoms with Crippen LogP contribution in [0.4, 0.5) is 0 Å². The molecule has 1 aliphatic rings. The van der Waals surface area contributed by atoms with Crippen molar-refractivity contribution in [2.24, 2.45) is 0 Å². The first-order valence-corrected chi connectivity index (χ1v) is 4.66. The van der Waals surface area contributed by atoms with Crippen molar-refractivity contribution < 1.29 is 14.6 Å². The van der Waals surface area contributed by atoms with Crippen LogP contribution in [0.5, 0.6) is 0 Å². The maximum atomic E-state index is 10.8. The summed E-state index contributed by atoms with van der Waals surface area (Å²) in [6, 6.07) is 0. The van der Waals surface area contributed by atoms with Gasteiger partial charge in [-0.3, -0.25) is 5.10 Å². The van der Waals surface area contributed by atoms with E-state index >= 15 is 0 Å². The van der Waals surface area contributed by atoms with Crippen LogP contribution in [0, 0.1) is 0 Å². The molecule has 2 rings (SSSR count). The number of hydrogen-bond acceptors (Lipinski definition) is 3. The molecule has 5 heteroatoms. The van der Waals surface area contributed by atoms with E-state index in [1.165, 1.54) is 0 Å². The van der Waals surface area contributed by atoms with E-state index in [9.17, 15) is 4.79 Å². The number of nitrogens with zero attached hydrogens (tertiary/aromatic N) is 1. The third kappa shape index (κ3) is 1.29. The van der Waals surface area contributed by atoms with Crippen LogP contribution in [0.3, 0.4) is 0 Å². The first-order chi connectivity index (χ1) is 6.74. The summed E-state index contributed by atoms with van der Waals surface area (Å²) < 4.78 is 5.46. The standard InChI is InChI=1S/C9H12N2O3/c1-2-14-6-4-3-5-7(6)10-11-8(5)9(12)13/h6H,2-4H2,1H3,(H,10,11)(H,12,13). The van der Waals surface area contributed by atoms with E-state index in [1.807, 2.05) is 6.92 Å². The molecular weight excluding hydrogens is 184 g/mol. The summed E-state index contributed by atoms with van der Waals surface area (Å²) in [6.07, 6.45) is 1.58. The molecule has 0 fully saturated rings. The quantitative estimate of drug-likeness (QED) is 0.759. The lowest BCUT2D eigenvalue weighted by molar-refractivity contribution is 0.0607. The summed E-state index contributed by atoms with van der Waals surface area (Å²) in [5.74, 6) is -0.973. The predicted octanol–water partition coefficient (Wildman–Crippen LogP) is 1.13. The van der Waals surface area contributed by atoms with E-state index in [0.29, 0.717) is 6.61 Å². The van der Waals surface area contributed by atoms with E-state index in [-0.39, 0.29) is 11.8 Å². The highest BCUT2D eigenvalue weighted by Crippen LogP contribution is 2.33. The van der Waals surface area contributed by atoms with Crippen molar-refractivity contribution >= 4 is 5.97 Å². The predicted molar refractivity (Wildman–Crippen MR) is 48.2 cm³/mol. The number of carboxylic acid groups (broad SMARTS) is 1. The van der Waals surface area contributed by atoms with Gasteiger partial charge < -0.3 is 9.84 Å². The van der Waals surface area contributed by atoms with Crippen molar-refractivity contribution in [2.45, 2.75) is 25.9 Å². The van der Waals surface area contributed by atoms with Crippen molar-refractivity contribution in [1.29, 1.82) is 0 Å². The average Bonchev–Trinajstić information content (AvgIpc) is 2.67. The average molecular weight is 196 g/mol. The Labute approximate surface area is 81.1 Å². The molecule has 0 saturated heterocycles. The topological polar surface area (TPSA) is 75.2 Å². The molecule has 0 bridgehead atoms. The summed E-state index contributed by atoms with van der Waals surface area (Å²) in [7, 11) is 0. The fourth-order valence-electron chi connectivity index (χ4n) is 1.86. The van der Waals surface area contributed by atoms with E-state index in [2.05, 4.69) is 10.2 Å². The van der Waals surface area contributed by atoms with E-state index in [0.717, 1.165) is 24.1 Å². The zero-order valence-corrected chi connectivity index (χ0v) is 7.91. The molecule has 0 spiro atoms. The van der Waals surface area contributed by atoms with Crippen LogP contribution in [0.25, 0.3) is 0 Å². The van der Waals surface area contributed by atoms with Gasteiger partial charge in [0.15, 0.2) is 5.69 Å². The zero-order valence-electron chi connectivity index (χ0n) is 7.91. The van der Waals surface area contributed by atoms with Gasteiger partial charge in [-0.1, -0.05) is 0 Å². The Kier molecular flexibility index (Phi) is 2.25. The number of fused-ring (bicyclic) bond motifs is 1. The van der Waals surface area contributed by atoms with Gasteiger partial charge in [0.2, 0.25) is 0 Å². The number of carboxylic acids is 1. The fourth-order valence-corrected chi connectivity index (χ4v) is 1.86. The van der Waals surface area contributed by atoms with Gasteiger partial charge in [0.1, 0.15) is 0 Å². The minimum absolute atomic E-state index is 0.00407. The molecule has 0 aliphatic heterocycles. The molecule has 1 aromatic rings. The maximum absolute atomic E-state index is 10.8. The Hall–Kier alpha value is -1.36. The molecule has 1 heterocycles. The summed E-state index contributed by atoms with van der Waals surface area (Å²) in [4.78, 5) is 10.8. The summed E-state index contributed by atoms with van der Waals surface area (Å²) in [5.41, 5.74) is 1.78. The molecule has 0 amide bonds.